The van der Waals surface area contributed by atoms with Crippen LogP contribution in [0.4, 0.5) is 5.69 Å². The Morgan fingerprint density at radius 2 is 2.22 bits per heavy atom. The molecule has 7 heteroatoms. The van der Waals surface area contributed by atoms with Gasteiger partial charge in [0.25, 0.3) is 5.69 Å². The number of methoxy groups -OCH3 is 1. The van der Waals surface area contributed by atoms with Crippen LogP contribution in [0.25, 0.3) is 0 Å². The molecule has 0 heterocycles. The van der Waals surface area contributed by atoms with Gasteiger partial charge in [-0.25, -0.2) is 4.79 Å². The third-order valence-corrected chi connectivity index (χ3v) is 1.95. The number of nitro benzene ring substituents is 1. The first-order valence-electron chi connectivity index (χ1n) is 4.56. The fourth-order valence-electron chi connectivity index (χ4n) is 1.10. The molecule has 1 aromatic rings. The molecule has 1 aromatic carbocycles. The largest absolute Gasteiger partial charge is 0.506 e. The summed E-state index contributed by atoms with van der Waals surface area (Å²) >= 11 is 0. The van der Waals surface area contributed by atoms with Gasteiger partial charge in [0.2, 0.25) is 0 Å². The summed E-state index contributed by atoms with van der Waals surface area (Å²) in [7, 11) is 1.11. The molecule has 0 bridgehead atoms. The second-order valence-corrected chi connectivity index (χ2v) is 3.05. The summed E-state index contributed by atoms with van der Waals surface area (Å²) < 4.78 is 4.25. The molecule has 0 atom stereocenters. The Morgan fingerprint density at radius 3 is 2.72 bits per heavy atom. The van der Waals surface area contributed by atoms with E-state index in [1.165, 1.54) is 0 Å². The molecule has 0 radical (unpaired) electrons. The third-order valence-electron chi connectivity index (χ3n) is 1.95. The van der Waals surface area contributed by atoms with Gasteiger partial charge in [0, 0.05) is 18.1 Å². The number of nitrogens with zero attached hydrogens (tertiary/aromatic N) is 1. The highest BCUT2D eigenvalue weighted by Crippen LogP contribution is 2.26. The molecule has 0 unspecified atom stereocenters. The minimum atomic E-state index is -0.867. The second kappa shape index (κ2) is 5.45. The van der Waals surface area contributed by atoms with E-state index in [1.807, 2.05) is 5.92 Å². The lowest BCUT2D eigenvalue weighted by Crippen LogP contribution is -1.96. The van der Waals surface area contributed by atoms with Crippen LogP contribution in [0.3, 0.4) is 0 Å². The molecular formula is C11H7NO6. The van der Waals surface area contributed by atoms with Crippen LogP contribution >= 0.6 is 0 Å². The Kier molecular flexibility index (Phi) is 3.99. The molecule has 0 amide bonds. The van der Waals surface area contributed by atoms with Gasteiger partial charge in [-0.3, -0.25) is 14.9 Å². The van der Waals surface area contributed by atoms with Crippen molar-refractivity contribution in [3.05, 3.63) is 33.4 Å². The van der Waals surface area contributed by atoms with Crippen molar-refractivity contribution in [2.45, 2.75) is 0 Å². The number of ether oxygens (including phenoxy) is 1. The van der Waals surface area contributed by atoms with Crippen molar-refractivity contribution in [2.75, 3.05) is 7.11 Å². The fourth-order valence-corrected chi connectivity index (χ4v) is 1.10. The smallest absolute Gasteiger partial charge is 0.384 e. The van der Waals surface area contributed by atoms with Crippen LogP contribution in [0.2, 0.25) is 0 Å². The molecular weight excluding hydrogens is 242 g/mol. The first-order chi connectivity index (χ1) is 8.49. The van der Waals surface area contributed by atoms with Gasteiger partial charge in [-0.1, -0.05) is 5.92 Å². The summed E-state index contributed by atoms with van der Waals surface area (Å²) in [6, 6.07) is 1.87. The van der Waals surface area contributed by atoms with Crippen molar-refractivity contribution >= 4 is 17.9 Å². The number of nitro groups is 1. The van der Waals surface area contributed by atoms with Crippen molar-refractivity contribution in [3.8, 4) is 17.6 Å². The summed E-state index contributed by atoms with van der Waals surface area (Å²) in [5, 5.41) is 20.2. The number of phenols is 1. The first kappa shape index (κ1) is 13.2. The number of benzene rings is 1. The number of hydrogen-bond donors (Lipinski definition) is 1. The van der Waals surface area contributed by atoms with E-state index in [4.69, 9.17) is 0 Å². The number of phenolic OH excluding ortho intramolecular Hbond substituents is 1. The van der Waals surface area contributed by atoms with Crippen molar-refractivity contribution in [2.24, 2.45) is 0 Å². The number of carbonyl (C=O) groups is 2. The second-order valence-electron chi connectivity index (χ2n) is 3.05. The van der Waals surface area contributed by atoms with Crippen LogP contribution in [0, 0.1) is 22.0 Å². The van der Waals surface area contributed by atoms with E-state index >= 15 is 0 Å². The van der Waals surface area contributed by atoms with E-state index in [-0.39, 0.29) is 17.4 Å². The van der Waals surface area contributed by atoms with Crippen molar-refractivity contribution < 1.29 is 24.4 Å². The van der Waals surface area contributed by atoms with E-state index in [9.17, 15) is 24.8 Å². The highest BCUT2D eigenvalue weighted by Gasteiger charge is 2.14. The molecule has 92 valence electrons. The molecule has 0 aliphatic carbocycles. The molecule has 0 spiro atoms. The number of esters is 1. The monoisotopic (exact) mass is 249 g/mol. The summed E-state index contributed by atoms with van der Waals surface area (Å²) in [4.78, 5) is 31.3. The van der Waals surface area contributed by atoms with E-state index in [2.05, 4.69) is 10.7 Å². The Labute approximate surface area is 101 Å². The van der Waals surface area contributed by atoms with Crippen LogP contribution < -0.4 is 0 Å². The number of rotatable bonds is 2. The molecule has 1 N–H and O–H groups in total. The summed E-state index contributed by atoms with van der Waals surface area (Å²) in [5.74, 6) is 2.80. The lowest BCUT2D eigenvalue weighted by Gasteiger charge is -2.00. The lowest BCUT2D eigenvalue weighted by molar-refractivity contribution is -0.384. The summed E-state index contributed by atoms with van der Waals surface area (Å²) in [5.41, 5.74) is -0.890. The summed E-state index contributed by atoms with van der Waals surface area (Å²) in [6.07, 6.45) is 0.256. The van der Waals surface area contributed by atoms with Gasteiger partial charge >= 0.3 is 5.97 Å². The SMILES string of the molecule is COC(=O)C#Cc1cc([N+](=O)[O-])cc(C=O)c1O. The van der Waals surface area contributed by atoms with Crippen molar-refractivity contribution in [1.82, 2.24) is 0 Å². The molecule has 0 saturated heterocycles. The zero-order valence-electron chi connectivity index (χ0n) is 9.17. The topological polar surface area (TPSA) is 107 Å². The average molecular weight is 249 g/mol. The molecule has 1 rings (SSSR count). The van der Waals surface area contributed by atoms with Crippen molar-refractivity contribution in [1.29, 1.82) is 0 Å². The van der Waals surface area contributed by atoms with Gasteiger partial charge in [-0.2, -0.15) is 0 Å². The maximum Gasteiger partial charge on any atom is 0.384 e. The van der Waals surface area contributed by atoms with Gasteiger partial charge < -0.3 is 9.84 Å². The maximum absolute atomic E-state index is 10.8. The molecule has 7 nitrogen and oxygen atoms in total. The maximum atomic E-state index is 10.8. The first-order valence-corrected chi connectivity index (χ1v) is 4.56. The van der Waals surface area contributed by atoms with Gasteiger partial charge in [-0.15, -0.1) is 0 Å². The molecule has 0 saturated carbocycles. The minimum absolute atomic E-state index is 0.197. The van der Waals surface area contributed by atoms with Crippen LogP contribution in [0.5, 0.6) is 5.75 Å². The predicted molar refractivity (Wildman–Crippen MR) is 59.0 cm³/mol. The Balaban J connectivity index is 3.36. The molecule has 0 aliphatic rings. The van der Waals surface area contributed by atoms with Crippen molar-refractivity contribution in [3.63, 3.8) is 0 Å². The molecule has 0 aliphatic heterocycles. The zero-order valence-corrected chi connectivity index (χ0v) is 9.17. The van der Waals surface area contributed by atoms with Gasteiger partial charge in [0.05, 0.1) is 23.2 Å². The fraction of sp³-hybridized carbons (Fsp3) is 0.0909. The molecule has 18 heavy (non-hydrogen) atoms. The highest BCUT2D eigenvalue weighted by atomic mass is 16.6. The number of non-ortho nitro benzene ring substituents is 1. The number of aromatic hydroxyl groups is 1. The van der Waals surface area contributed by atoms with E-state index in [1.54, 1.807) is 0 Å². The summed E-state index contributed by atoms with van der Waals surface area (Å²) in [6.45, 7) is 0. The highest BCUT2D eigenvalue weighted by molar-refractivity contribution is 5.90. The molecule has 0 fully saturated rings. The van der Waals surface area contributed by atoms with E-state index in [0.29, 0.717) is 0 Å². The van der Waals surface area contributed by atoms with Crippen LogP contribution in [0.1, 0.15) is 15.9 Å². The Hall–Kier alpha value is -2.88. The zero-order chi connectivity index (χ0) is 13.7. The number of aldehydes is 1. The van der Waals surface area contributed by atoms with E-state index in [0.717, 1.165) is 19.2 Å². The third kappa shape index (κ3) is 2.82. The average Bonchev–Trinajstić information content (AvgIpc) is 2.36. The van der Waals surface area contributed by atoms with Crippen LogP contribution in [-0.4, -0.2) is 29.4 Å². The Bertz CT molecular complexity index is 581. The Morgan fingerprint density at radius 1 is 1.56 bits per heavy atom. The van der Waals surface area contributed by atoms with Gasteiger partial charge in [-0.05, 0) is 0 Å². The lowest BCUT2D eigenvalue weighted by atomic mass is 10.1. The predicted octanol–water partition coefficient (Wildman–Crippen LogP) is 0.637. The van der Waals surface area contributed by atoms with E-state index < -0.39 is 22.3 Å². The molecule has 0 aromatic heterocycles. The normalized spacial score (nSPS) is 8.94. The number of carbonyl (C=O) groups excluding carboxylic acids is 2. The van der Waals surface area contributed by atoms with Crippen LogP contribution in [0.15, 0.2) is 12.1 Å². The van der Waals surface area contributed by atoms with Gasteiger partial charge in [0.15, 0.2) is 6.29 Å². The number of hydrogen-bond acceptors (Lipinski definition) is 6. The quantitative estimate of drug-likeness (QED) is 0.271. The van der Waals surface area contributed by atoms with Gasteiger partial charge in [0.1, 0.15) is 5.75 Å². The standard InChI is InChI=1S/C11H7NO6/c1-18-10(14)3-2-7-4-9(12(16)17)5-8(6-13)11(7)15/h4-6,15H,1H3. The van der Waals surface area contributed by atoms with Crippen LogP contribution in [-0.2, 0) is 9.53 Å². The minimum Gasteiger partial charge on any atom is -0.506 e.